The molecule has 2 heterocycles. The highest BCUT2D eigenvalue weighted by Crippen LogP contribution is 2.31. The lowest BCUT2D eigenvalue weighted by Crippen LogP contribution is -2.43. The fourth-order valence-corrected chi connectivity index (χ4v) is 4.24. The molecular weight excluding hydrogens is 378 g/mol. The van der Waals surface area contributed by atoms with Crippen molar-refractivity contribution < 1.29 is 14.3 Å². The molecule has 1 N–H and O–H groups in total. The van der Waals surface area contributed by atoms with Crippen molar-refractivity contribution in [2.24, 2.45) is 5.92 Å². The number of nitrogens with one attached hydrogen (secondary N) is 1. The molecule has 0 spiro atoms. The maximum Gasteiger partial charge on any atom is 0.260 e. The second-order valence-electron chi connectivity index (χ2n) is 7.92. The minimum absolute atomic E-state index is 0.0315. The van der Waals surface area contributed by atoms with E-state index in [1.54, 1.807) is 4.90 Å². The smallest absolute Gasteiger partial charge is 0.260 e. The van der Waals surface area contributed by atoms with E-state index in [9.17, 15) is 9.59 Å². The van der Waals surface area contributed by atoms with E-state index < -0.39 is 0 Å². The molecule has 158 valence electrons. The molecule has 1 saturated heterocycles. The van der Waals surface area contributed by atoms with Gasteiger partial charge in [0.2, 0.25) is 5.91 Å². The molecule has 2 aliphatic heterocycles. The highest BCUT2D eigenvalue weighted by molar-refractivity contribution is 5.93. The summed E-state index contributed by atoms with van der Waals surface area (Å²) in [6, 6.07) is 15.5. The third-order valence-corrected chi connectivity index (χ3v) is 6.05. The van der Waals surface area contributed by atoms with Crippen LogP contribution in [0.4, 0.5) is 11.4 Å². The monoisotopic (exact) mass is 407 g/mol. The van der Waals surface area contributed by atoms with Crippen molar-refractivity contribution in [1.29, 1.82) is 0 Å². The summed E-state index contributed by atoms with van der Waals surface area (Å²) in [6.45, 7) is 5.38. The number of likely N-dealkylation sites (tertiary alicyclic amines) is 1. The van der Waals surface area contributed by atoms with Gasteiger partial charge in [0.15, 0.2) is 6.61 Å². The quantitative estimate of drug-likeness (QED) is 0.798. The number of carbonyl (C=O) groups is 2. The van der Waals surface area contributed by atoms with Gasteiger partial charge in [-0.1, -0.05) is 24.3 Å². The minimum atomic E-state index is -0.0698. The maximum atomic E-state index is 12.8. The van der Waals surface area contributed by atoms with Crippen molar-refractivity contribution in [3.63, 3.8) is 0 Å². The lowest BCUT2D eigenvalue weighted by Gasteiger charge is -2.31. The summed E-state index contributed by atoms with van der Waals surface area (Å²) in [6.07, 6.45) is 2.42. The molecule has 0 aromatic heterocycles. The van der Waals surface area contributed by atoms with Crippen LogP contribution in [0.3, 0.4) is 0 Å². The number of nitrogens with zero attached hydrogens (tertiary/aromatic N) is 2. The molecular formula is C24H29N3O3. The molecule has 6 nitrogen and oxygen atoms in total. The van der Waals surface area contributed by atoms with Gasteiger partial charge < -0.3 is 19.9 Å². The average molecular weight is 408 g/mol. The van der Waals surface area contributed by atoms with Gasteiger partial charge in [-0.15, -0.1) is 0 Å². The molecule has 6 heteroatoms. The third kappa shape index (κ3) is 4.58. The van der Waals surface area contributed by atoms with Crippen LogP contribution >= 0.6 is 0 Å². The molecule has 0 aliphatic carbocycles. The van der Waals surface area contributed by atoms with Crippen molar-refractivity contribution in [3.05, 3.63) is 54.1 Å². The van der Waals surface area contributed by atoms with E-state index in [2.05, 4.69) is 29.3 Å². The average Bonchev–Trinajstić information content (AvgIpc) is 3.20. The van der Waals surface area contributed by atoms with Crippen LogP contribution in [0.1, 0.15) is 25.3 Å². The highest BCUT2D eigenvalue weighted by atomic mass is 16.5. The van der Waals surface area contributed by atoms with Gasteiger partial charge >= 0.3 is 0 Å². The third-order valence-electron chi connectivity index (χ3n) is 6.05. The lowest BCUT2D eigenvalue weighted by molar-refractivity contribution is -0.136. The van der Waals surface area contributed by atoms with Crippen LogP contribution in [0.5, 0.6) is 5.75 Å². The number of carbonyl (C=O) groups excluding carboxylic acids is 2. The largest absolute Gasteiger partial charge is 0.484 e. The molecule has 2 aromatic carbocycles. The Balaban J connectivity index is 1.26. The number of rotatable bonds is 6. The molecule has 1 fully saturated rings. The number of anilines is 2. The Bertz CT molecular complexity index is 892. The summed E-state index contributed by atoms with van der Waals surface area (Å²) < 4.78 is 5.55. The van der Waals surface area contributed by atoms with Crippen LogP contribution in [0.15, 0.2) is 48.5 Å². The topological polar surface area (TPSA) is 61.9 Å². The van der Waals surface area contributed by atoms with Crippen molar-refractivity contribution in [2.45, 2.75) is 26.2 Å². The van der Waals surface area contributed by atoms with Gasteiger partial charge in [0.1, 0.15) is 5.75 Å². The van der Waals surface area contributed by atoms with Crippen LogP contribution in [-0.4, -0.2) is 49.5 Å². The number of hydrogen-bond acceptors (Lipinski definition) is 4. The standard InChI is InChI=1S/C24H29N3O3/c1-2-26-13-10-18-8-9-20(16-22(18)26)25-24(29)19-11-14-27(15-12-19)23(28)17-30-21-6-4-3-5-7-21/h3-9,16,19H,2,10-15,17H2,1H3,(H,25,29). The summed E-state index contributed by atoms with van der Waals surface area (Å²) in [7, 11) is 0. The number of benzene rings is 2. The summed E-state index contributed by atoms with van der Waals surface area (Å²) in [4.78, 5) is 29.3. The van der Waals surface area contributed by atoms with E-state index in [1.165, 1.54) is 11.3 Å². The number of hydrogen-bond donors (Lipinski definition) is 1. The Labute approximate surface area is 177 Å². The van der Waals surface area contributed by atoms with Gasteiger partial charge in [0.05, 0.1) is 0 Å². The Morgan fingerprint density at radius 2 is 1.83 bits per heavy atom. The predicted octanol–water partition coefficient (Wildman–Crippen LogP) is 3.33. The normalized spacial score (nSPS) is 16.3. The molecule has 0 unspecified atom stereocenters. The molecule has 2 amide bonds. The van der Waals surface area contributed by atoms with Crippen LogP contribution < -0.4 is 15.0 Å². The lowest BCUT2D eigenvalue weighted by atomic mass is 9.95. The SMILES string of the molecule is CCN1CCc2ccc(NC(=O)C3CCN(C(=O)COc4ccccc4)CC3)cc21. The Hall–Kier alpha value is -3.02. The van der Waals surface area contributed by atoms with E-state index in [-0.39, 0.29) is 24.3 Å². The molecule has 2 aliphatic rings. The molecule has 2 aromatic rings. The van der Waals surface area contributed by atoms with Crippen LogP contribution in [0.2, 0.25) is 0 Å². The number of likely N-dealkylation sites (N-methyl/N-ethyl adjacent to an activating group) is 1. The summed E-state index contributed by atoms with van der Waals surface area (Å²) >= 11 is 0. The van der Waals surface area contributed by atoms with Crippen LogP contribution in [0, 0.1) is 5.92 Å². The van der Waals surface area contributed by atoms with E-state index in [0.29, 0.717) is 31.7 Å². The van der Waals surface area contributed by atoms with E-state index in [0.717, 1.165) is 25.2 Å². The first-order chi connectivity index (χ1) is 14.6. The maximum absolute atomic E-state index is 12.8. The molecule has 4 rings (SSSR count). The molecule has 0 atom stereocenters. The van der Waals surface area contributed by atoms with Crippen LogP contribution in [0.25, 0.3) is 0 Å². The number of amides is 2. The summed E-state index contributed by atoms with van der Waals surface area (Å²) in [5.41, 5.74) is 3.43. The zero-order valence-corrected chi connectivity index (χ0v) is 17.5. The molecule has 0 radical (unpaired) electrons. The van der Waals surface area contributed by atoms with Crippen molar-refractivity contribution in [3.8, 4) is 5.75 Å². The first-order valence-corrected chi connectivity index (χ1v) is 10.8. The molecule has 30 heavy (non-hydrogen) atoms. The van der Waals surface area contributed by atoms with Gasteiger partial charge in [0.25, 0.3) is 5.91 Å². The highest BCUT2D eigenvalue weighted by Gasteiger charge is 2.28. The predicted molar refractivity (Wildman–Crippen MR) is 118 cm³/mol. The number of fused-ring (bicyclic) bond motifs is 1. The Morgan fingerprint density at radius 3 is 2.57 bits per heavy atom. The zero-order chi connectivity index (χ0) is 20.9. The van der Waals surface area contributed by atoms with Crippen LogP contribution in [-0.2, 0) is 16.0 Å². The van der Waals surface area contributed by atoms with Crippen molar-refractivity contribution >= 4 is 23.2 Å². The fraction of sp³-hybridized carbons (Fsp3) is 0.417. The minimum Gasteiger partial charge on any atom is -0.484 e. The van der Waals surface area contributed by atoms with E-state index in [1.807, 2.05) is 36.4 Å². The van der Waals surface area contributed by atoms with Gasteiger partial charge in [-0.2, -0.15) is 0 Å². The van der Waals surface area contributed by atoms with Gasteiger partial charge in [-0.3, -0.25) is 9.59 Å². The first-order valence-electron chi connectivity index (χ1n) is 10.8. The summed E-state index contributed by atoms with van der Waals surface area (Å²) in [5.74, 6) is 0.635. The number of para-hydroxylation sites is 1. The second kappa shape index (κ2) is 9.20. The van der Waals surface area contributed by atoms with Gasteiger partial charge in [-0.25, -0.2) is 0 Å². The fourth-order valence-electron chi connectivity index (χ4n) is 4.24. The van der Waals surface area contributed by atoms with E-state index >= 15 is 0 Å². The molecule has 0 saturated carbocycles. The second-order valence-corrected chi connectivity index (χ2v) is 7.92. The summed E-state index contributed by atoms with van der Waals surface area (Å²) in [5, 5.41) is 3.08. The zero-order valence-electron chi connectivity index (χ0n) is 17.5. The van der Waals surface area contributed by atoms with Gasteiger partial charge in [0, 0.05) is 43.5 Å². The number of ether oxygens (including phenoxy) is 1. The molecule has 0 bridgehead atoms. The number of piperidine rings is 1. The Kier molecular flexibility index (Phi) is 6.21. The van der Waals surface area contributed by atoms with E-state index in [4.69, 9.17) is 4.74 Å². The van der Waals surface area contributed by atoms with Crippen molar-refractivity contribution in [1.82, 2.24) is 4.90 Å². The van der Waals surface area contributed by atoms with Gasteiger partial charge in [-0.05, 0) is 56.0 Å². The Morgan fingerprint density at radius 1 is 1.07 bits per heavy atom. The van der Waals surface area contributed by atoms with Crippen molar-refractivity contribution in [2.75, 3.05) is 43.0 Å². The first kappa shape index (κ1) is 20.3.